The number of carbonyl (C=O) groups excluding carboxylic acids is 1. The summed E-state index contributed by atoms with van der Waals surface area (Å²) in [5.41, 5.74) is 4.47. The van der Waals surface area contributed by atoms with Gasteiger partial charge >= 0.3 is 5.97 Å². The molecule has 0 radical (unpaired) electrons. The van der Waals surface area contributed by atoms with Gasteiger partial charge in [-0.25, -0.2) is 4.79 Å². The molecule has 3 aromatic rings. The Kier molecular flexibility index (Phi) is 6.11. The van der Waals surface area contributed by atoms with E-state index in [0.717, 1.165) is 27.3 Å². The average Bonchev–Trinajstić information content (AvgIpc) is 3.19. The molecule has 0 spiro atoms. The Labute approximate surface area is 173 Å². The summed E-state index contributed by atoms with van der Waals surface area (Å²) >= 11 is 6.92. The fraction of sp³-hybridized carbons (Fsp3) is 0.250. The molecular formula is C20H22N4O2S2. The molecule has 0 aliphatic rings. The van der Waals surface area contributed by atoms with Crippen LogP contribution in [0.2, 0.25) is 0 Å². The van der Waals surface area contributed by atoms with E-state index in [0.29, 0.717) is 22.2 Å². The second-order valence-corrected chi connectivity index (χ2v) is 7.91. The molecule has 2 aromatic heterocycles. The van der Waals surface area contributed by atoms with Crippen molar-refractivity contribution in [2.24, 2.45) is 7.05 Å². The Bertz CT molecular complexity index is 1010. The number of benzene rings is 1. The molecule has 1 aromatic carbocycles. The molecule has 0 amide bonds. The molecule has 0 saturated heterocycles. The van der Waals surface area contributed by atoms with Crippen LogP contribution in [0.25, 0.3) is 11.1 Å². The summed E-state index contributed by atoms with van der Waals surface area (Å²) in [6, 6.07) is 9.80. The lowest BCUT2D eigenvalue weighted by molar-refractivity contribution is 0.0603. The molecule has 28 heavy (non-hydrogen) atoms. The molecular weight excluding hydrogens is 392 g/mol. The zero-order chi connectivity index (χ0) is 20.3. The molecule has 2 heterocycles. The van der Waals surface area contributed by atoms with Gasteiger partial charge in [0, 0.05) is 35.3 Å². The molecule has 0 aliphatic heterocycles. The zero-order valence-electron chi connectivity index (χ0n) is 16.2. The predicted octanol–water partition coefficient (Wildman–Crippen LogP) is 4.04. The third-order valence-electron chi connectivity index (χ3n) is 4.54. The monoisotopic (exact) mass is 414 g/mol. The number of hydrogen-bond donors (Lipinski definition) is 2. The summed E-state index contributed by atoms with van der Waals surface area (Å²) in [6.07, 6.45) is 1.81. The molecule has 0 aliphatic carbocycles. The summed E-state index contributed by atoms with van der Waals surface area (Å²) in [4.78, 5) is 13.5. The van der Waals surface area contributed by atoms with Crippen LogP contribution in [0.4, 0.5) is 5.00 Å². The number of nitrogens with one attached hydrogen (secondary N) is 2. The Morgan fingerprint density at radius 2 is 2.00 bits per heavy atom. The van der Waals surface area contributed by atoms with Crippen LogP contribution in [0.1, 0.15) is 26.5 Å². The first-order valence-corrected chi connectivity index (χ1v) is 9.94. The van der Waals surface area contributed by atoms with Crippen molar-refractivity contribution in [3.8, 4) is 11.1 Å². The van der Waals surface area contributed by atoms with Gasteiger partial charge < -0.3 is 15.4 Å². The first-order valence-electron chi connectivity index (χ1n) is 8.71. The maximum atomic E-state index is 12.5. The summed E-state index contributed by atoms with van der Waals surface area (Å²) < 4.78 is 6.85. The maximum absolute atomic E-state index is 12.5. The van der Waals surface area contributed by atoms with E-state index in [1.165, 1.54) is 18.4 Å². The van der Waals surface area contributed by atoms with Crippen LogP contribution >= 0.6 is 23.6 Å². The van der Waals surface area contributed by atoms with E-state index in [9.17, 15) is 4.79 Å². The SMILES string of the molecule is COC(=O)c1c(NC(=S)NCc2cnn(C)c2C)sc(C)c1-c1ccccc1. The Balaban J connectivity index is 1.84. The number of thiophene rings is 1. The van der Waals surface area contributed by atoms with Crippen LogP contribution in [0.3, 0.4) is 0 Å². The highest BCUT2D eigenvalue weighted by Gasteiger charge is 2.24. The number of esters is 1. The van der Waals surface area contributed by atoms with Crippen LogP contribution in [0.15, 0.2) is 36.5 Å². The molecule has 0 unspecified atom stereocenters. The van der Waals surface area contributed by atoms with Crippen LogP contribution in [0.5, 0.6) is 0 Å². The molecule has 0 atom stereocenters. The minimum Gasteiger partial charge on any atom is -0.465 e. The van der Waals surface area contributed by atoms with Gasteiger partial charge in [0.2, 0.25) is 0 Å². The van der Waals surface area contributed by atoms with Crippen LogP contribution < -0.4 is 10.6 Å². The molecule has 6 nitrogen and oxygen atoms in total. The summed E-state index contributed by atoms with van der Waals surface area (Å²) in [5, 5.41) is 11.7. The van der Waals surface area contributed by atoms with Crippen molar-refractivity contribution in [3.63, 3.8) is 0 Å². The van der Waals surface area contributed by atoms with Gasteiger partial charge in [0.15, 0.2) is 5.11 Å². The van der Waals surface area contributed by atoms with Crippen molar-refractivity contribution in [3.05, 3.63) is 58.2 Å². The zero-order valence-corrected chi connectivity index (χ0v) is 17.8. The number of ether oxygens (including phenoxy) is 1. The van der Waals surface area contributed by atoms with Crippen molar-refractivity contribution in [2.75, 3.05) is 12.4 Å². The molecule has 0 fully saturated rings. The minimum absolute atomic E-state index is 0.392. The fourth-order valence-electron chi connectivity index (χ4n) is 2.92. The molecule has 0 bridgehead atoms. The summed E-state index contributed by atoms with van der Waals surface area (Å²) in [7, 11) is 3.28. The minimum atomic E-state index is -0.392. The van der Waals surface area contributed by atoms with E-state index in [2.05, 4.69) is 15.7 Å². The number of nitrogens with zero attached hydrogens (tertiary/aromatic N) is 2. The number of methoxy groups -OCH3 is 1. The van der Waals surface area contributed by atoms with Gasteiger partial charge in [0.05, 0.1) is 13.3 Å². The van der Waals surface area contributed by atoms with Gasteiger partial charge in [-0.15, -0.1) is 11.3 Å². The maximum Gasteiger partial charge on any atom is 0.341 e. The normalized spacial score (nSPS) is 10.6. The van der Waals surface area contributed by atoms with E-state index >= 15 is 0 Å². The number of thiocarbonyl (C=S) groups is 1. The number of aryl methyl sites for hydroxylation is 2. The highest BCUT2D eigenvalue weighted by molar-refractivity contribution is 7.80. The van der Waals surface area contributed by atoms with Gasteiger partial charge in [-0.05, 0) is 31.6 Å². The molecule has 3 rings (SSSR count). The second-order valence-electron chi connectivity index (χ2n) is 6.28. The lowest BCUT2D eigenvalue weighted by Gasteiger charge is -2.11. The topological polar surface area (TPSA) is 68.2 Å². The molecule has 0 saturated carbocycles. The van der Waals surface area contributed by atoms with E-state index in [-0.39, 0.29) is 0 Å². The summed E-state index contributed by atoms with van der Waals surface area (Å²) in [6.45, 7) is 4.54. The van der Waals surface area contributed by atoms with Crippen molar-refractivity contribution < 1.29 is 9.53 Å². The quantitative estimate of drug-likeness (QED) is 0.485. The van der Waals surface area contributed by atoms with E-state index in [1.54, 1.807) is 0 Å². The summed E-state index contributed by atoms with van der Waals surface area (Å²) in [5.74, 6) is -0.392. The van der Waals surface area contributed by atoms with Crippen molar-refractivity contribution in [1.29, 1.82) is 0 Å². The number of hydrogen-bond acceptors (Lipinski definition) is 5. The lowest BCUT2D eigenvalue weighted by atomic mass is 10.0. The molecule has 2 N–H and O–H groups in total. The number of carbonyl (C=O) groups is 1. The Hall–Kier alpha value is -2.71. The smallest absolute Gasteiger partial charge is 0.341 e. The average molecular weight is 415 g/mol. The number of aromatic nitrogens is 2. The van der Waals surface area contributed by atoms with E-state index < -0.39 is 5.97 Å². The van der Waals surface area contributed by atoms with Crippen molar-refractivity contribution >= 4 is 39.6 Å². The first kappa shape index (κ1) is 20.0. The largest absolute Gasteiger partial charge is 0.465 e. The highest BCUT2D eigenvalue weighted by Crippen LogP contribution is 2.40. The Morgan fingerprint density at radius 3 is 2.61 bits per heavy atom. The lowest BCUT2D eigenvalue weighted by Crippen LogP contribution is -2.28. The van der Waals surface area contributed by atoms with E-state index in [1.807, 2.05) is 62.1 Å². The second kappa shape index (κ2) is 8.53. The number of anilines is 1. The third-order valence-corrected chi connectivity index (χ3v) is 5.81. The van der Waals surface area contributed by atoms with Crippen LogP contribution in [0, 0.1) is 13.8 Å². The van der Waals surface area contributed by atoms with Crippen molar-refractivity contribution in [1.82, 2.24) is 15.1 Å². The van der Waals surface area contributed by atoms with Gasteiger partial charge in [0.25, 0.3) is 0 Å². The fourth-order valence-corrected chi connectivity index (χ4v) is 4.23. The number of rotatable bonds is 5. The van der Waals surface area contributed by atoms with Gasteiger partial charge in [-0.2, -0.15) is 5.10 Å². The van der Waals surface area contributed by atoms with Gasteiger partial charge in [0.1, 0.15) is 10.6 Å². The Morgan fingerprint density at radius 1 is 1.29 bits per heavy atom. The van der Waals surface area contributed by atoms with Gasteiger partial charge in [-0.1, -0.05) is 30.3 Å². The first-order chi connectivity index (χ1) is 13.4. The van der Waals surface area contributed by atoms with E-state index in [4.69, 9.17) is 17.0 Å². The standard InChI is InChI=1S/C20H22N4O2S2/c1-12-15(11-22-24(12)3)10-21-20(27)23-18-17(19(25)26-4)16(13(2)28-18)14-8-6-5-7-9-14/h5-9,11H,10H2,1-4H3,(H2,21,23,27). The van der Waals surface area contributed by atoms with Crippen LogP contribution in [-0.4, -0.2) is 28.0 Å². The molecule has 8 heteroatoms. The highest BCUT2D eigenvalue weighted by atomic mass is 32.1. The van der Waals surface area contributed by atoms with Crippen molar-refractivity contribution in [2.45, 2.75) is 20.4 Å². The predicted molar refractivity (Wildman–Crippen MR) is 117 cm³/mol. The third kappa shape index (κ3) is 4.07. The molecule has 146 valence electrons. The van der Waals surface area contributed by atoms with Gasteiger partial charge in [-0.3, -0.25) is 4.68 Å². The van der Waals surface area contributed by atoms with Crippen LogP contribution in [-0.2, 0) is 18.3 Å².